The van der Waals surface area contributed by atoms with Crippen LogP contribution >= 0.6 is 27.5 Å². The zero-order chi connectivity index (χ0) is 10.6. The Bertz CT molecular complexity index is 312. The summed E-state index contributed by atoms with van der Waals surface area (Å²) in [4.78, 5) is 0. The number of anilines is 1. The van der Waals surface area contributed by atoms with E-state index in [4.69, 9.17) is 11.6 Å². The van der Waals surface area contributed by atoms with E-state index in [0.717, 1.165) is 27.3 Å². The van der Waals surface area contributed by atoms with Gasteiger partial charge in [0.15, 0.2) is 0 Å². The quantitative estimate of drug-likeness (QED) is 0.791. The molecule has 14 heavy (non-hydrogen) atoms. The summed E-state index contributed by atoms with van der Waals surface area (Å²) in [5.74, 6) is 0. The summed E-state index contributed by atoms with van der Waals surface area (Å²) in [5.41, 5.74) is 2.17. The molecule has 3 heteroatoms. The van der Waals surface area contributed by atoms with Gasteiger partial charge in [-0.15, -0.1) is 0 Å². The van der Waals surface area contributed by atoms with Gasteiger partial charge in [0.05, 0.1) is 0 Å². The zero-order valence-corrected chi connectivity index (χ0v) is 10.9. The van der Waals surface area contributed by atoms with E-state index in [9.17, 15) is 0 Å². The van der Waals surface area contributed by atoms with Gasteiger partial charge in [-0.05, 0) is 47.0 Å². The van der Waals surface area contributed by atoms with E-state index in [2.05, 4.69) is 28.2 Å². The van der Waals surface area contributed by atoms with E-state index in [1.807, 2.05) is 19.1 Å². The van der Waals surface area contributed by atoms with Crippen molar-refractivity contribution in [2.45, 2.75) is 26.7 Å². The highest BCUT2D eigenvalue weighted by molar-refractivity contribution is 9.10. The SMILES string of the molecule is CCCCNc1cc(Cl)c(C)cc1Br. The first kappa shape index (κ1) is 11.9. The molecule has 0 amide bonds. The topological polar surface area (TPSA) is 12.0 Å². The van der Waals surface area contributed by atoms with Crippen LogP contribution in [0.4, 0.5) is 5.69 Å². The minimum Gasteiger partial charge on any atom is -0.384 e. The summed E-state index contributed by atoms with van der Waals surface area (Å²) in [7, 11) is 0. The average Bonchev–Trinajstić information content (AvgIpc) is 2.14. The largest absolute Gasteiger partial charge is 0.384 e. The van der Waals surface area contributed by atoms with Crippen LogP contribution in [0.2, 0.25) is 5.02 Å². The van der Waals surface area contributed by atoms with Crippen molar-refractivity contribution in [3.8, 4) is 0 Å². The number of hydrogen-bond acceptors (Lipinski definition) is 1. The molecule has 0 aromatic heterocycles. The maximum Gasteiger partial charge on any atom is 0.0499 e. The molecule has 78 valence electrons. The van der Waals surface area contributed by atoms with E-state index in [1.54, 1.807) is 0 Å². The minimum absolute atomic E-state index is 0.812. The number of rotatable bonds is 4. The third-order valence-corrected chi connectivity index (χ3v) is 3.16. The zero-order valence-electron chi connectivity index (χ0n) is 8.53. The number of aryl methyl sites for hydroxylation is 1. The molecule has 0 radical (unpaired) electrons. The molecule has 0 aliphatic heterocycles. The normalized spacial score (nSPS) is 10.3. The van der Waals surface area contributed by atoms with Crippen LogP contribution in [0.15, 0.2) is 16.6 Å². The van der Waals surface area contributed by atoms with Gasteiger partial charge in [-0.3, -0.25) is 0 Å². The van der Waals surface area contributed by atoms with Crippen LogP contribution in [0.1, 0.15) is 25.3 Å². The second kappa shape index (κ2) is 5.62. The lowest BCUT2D eigenvalue weighted by Crippen LogP contribution is -2.01. The third kappa shape index (κ3) is 3.18. The van der Waals surface area contributed by atoms with E-state index < -0.39 is 0 Å². The summed E-state index contributed by atoms with van der Waals surface area (Å²) in [6.07, 6.45) is 2.38. The summed E-state index contributed by atoms with van der Waals surface area (Å²) < 4.78 is 1.08. The lowest BCUT2D eigenvalue weighted by atomic mass is 10.2. The molecule has 0 spiro atoms. The first-order valence-corrected chi connectivity index (χ1v) is 6.01. The molecule has 0 aliphatic rings. The number of halogens is 2. The van der Waals surface area contributed by atoms with Crippen LogP contribution in [0.3, 0.4) is 0 Å². The Morgan fingerprint density at radius 2 is 2.14 bits per heavy atom. The van der Waals surface area contributed by atoms with E-state index in [1.165, 1.54) is 12.8 Å². The minimum atomic E-state index is 0.812. The highest BCUT2D eigenvalue weighted by atomic mass is 79.9. The molecule has 0 bridgehead atoms. The van der Waals surface area contributed by atoms with Gasteiger partial charge in [0.2, 0.25) is 0 Å². The van der Waals surface area contributed by atoms with Crippen LogP contribution in [0.25, 0.3) is 0 Å². The molecule has 0 heterocycles. The highest BCUT2D eigenvalue weighted by Crippen LogP contribution is 2.28. The molecular formula is C11H15BrClN. The molecule has 0 fully saturated rings. The predicted molar refractivity (Wildman–Crippen MR) is 67.3 cm³/mol. The number of nitrogens with one attached hydrogen (secondary N) is 1. The molecule has 0 unspecified atom stereocenters. The van der Waals surface area contributed by atoms with Crippen molar-refractivity contribution in [3.63, 3.8) is 0 Å². The van der Waals surface area contributed by atoms with Crippen LogP contribution in [0.5, 0.6) is 0 Å². The molecule has 1 N–H and O–H groups in total. The molecule has 1 rings (SSSR count). The van der Waals surface area contributed by atoms with Gasteiger partial charge in [0, 0.05) is 21.7 Å². The van der Waals surface area contributed by atoms with Crippen molar-refractivity contribution < 1.29 is 0 Å². The van der Waals surface area contributed by atoms with Crippen molar-refractivity contribution in [2.24, 2.45) is 0 Å². The first-order valence-electron chi connectivity index (χ1n) is 4.84. The number of unbranched alkanes of at least 4 members (excludes halogenated alkanes) is 1. The summed E-state index contributed by atoms with van der Waals surface area (Å²) in [6, 6.07) is 4.01. The maximum absolute atomic E-state index is 6.04. The Balaban J connectivity index is 2.72. The standard InChI is InChI=1S/C11H15BrClN/c1-3-4-5-14-11-7-10(13)8(2)6-9(11)12/h6-7,14H,3-5H2,1-2H3. The van der Waals surface area contributed by atoms with Crippen LogP contribution in [-0.4, -0.2) is 6.54 Å². The predicted octanol–water partition coefficient (Wildman–Crippen LogP) is 4.62. The van der Waals surface area contributed by atoms with Crippen molar-refractivity contribution in [3.05, 3.63) is 27.2 Å². The molecule has 0 aliphatic carbocycles. The van der Waals surface area contributed by atoms with Crippen LogP contribution in [0, 0.1) is 6.92 Å². The van der Waals surface area contributed by atoms with Gasteiger partial charge in [0.1, 0.15) is 0 Å². The van der Waals surface area contributed by atoms with Crippen molar-refractivity contribution in [2.75, 3.05) is 11.9 Å². The van der Waals surface area contributed by atoms with Crippen LogP contribution < -0.4 is 5.32 Å². The monoisotopic (exact) mass is 275 g/mol. The fourth-order valence-corrected chi connectivity index (χ4v) is 1.94. The second-order valence-electron chi connectivity index (χ2n) is 3.36. The fraction of sp³-hybridized carbons (Fsp3) is 0.455. The fourth-order valence-electron chi connectivity index (χ4n) is 1.18. The molecule has 0 saturated heterocycles. The number of hydrogen-bond donors (Lipinski definition) is 1. The molecule has 1 aromatic carbocycles. The van der Waals surface area contributed by atoms with Gasteiger partial charge in [0.25, 0.3) is 0 Å². The highest BCUT2D eigenvalue weighted by Gasteiger charge is 2.02. The Hall–Kier alpha value is -0.210. The van der Waals surface area contributed by atoms with Crippen molar-refractivity contribution >= 4 is 33.2 Å². The van der Waals surface area contributed by atoms with Gasteiger partial charge in [-0.25, -0.2) is 0 Å². The van der Waals surface area contributed by atoms with Crippen molar-refractivity contribution in [1.29, 1.82) is 0 Å². The Morgan fingerprint density at radius 3 is 2.79 bits per heavy atom. The molecule has 1 nitrogen and oxygen atoms in total. The lowest BCUT2D eigenvalue weighted by Gasteiger charge is -2.09. The third-order valence-electron chi connectivity index (χ3n) is 2.09. The Morgan fingerprint density at radius 1 is 1.43 bits per heavy atom. The van der Waals surface area contributed by atoms with E-state index in [0.29, 0.717) is 0 Å². The van der Waals surface area contributed by atoms with Crippen LogP contribution in [-0.2, 0) is 0 Å². The Labute approximate surface area is 99.0 Å². The smallest absolute Gasteiger partial charge is 0.0499 e. The van der Waals surface area contributed by atoms with Gasteiger partial charge in [-0.2, -0.15) is 0 Å². The molecule has 1 aromatic rings. The van der Waals surface area contributed by atoms with Gasteiger partial charge >= 0.3 is 0 Å². The molecule has 0 atom stereocenters. The summed E-state index contributed by atoms with van der Waals surface area (Å²) in [5, 5.41) is 4.16. The Kier molecular flexibility index (Phi) is 4.76. The lowest BCUT2D eigenvalue weighted by molar-refractivity contribution is 0.834. The van der Waals surface area contributed by atoms with Gasteiger partial charge in [-0.1, -0.05) is 24.9 Å². The second-order valence-corrected chi connectivity index (χ2v) is 4.62. The number of benzene rings is 1. The summed E-state index contributed by atoms with van der Waals surface area (Å²) >= 11 is 9.55. The average molecular weight is 277 g/mol. The summed E-state index contributed by atoms with van der Waals surface area (Å²) in [6.45, 7) is 5.18. The molecule has 0 saturated carbocycles. The maximum atomic E-state index is 6.04. The van der Waals surface area contributed by atoms with Gasteiger partial charge < -0.3 is 5.32 Å². The first-order chi connectivity index (χ1) is 6.65. The van der Waals surface area contributed by atoms with E-state index in [-0.39, 0.29) is 0 Å². The molecular weight excluding hydrogens is 261 g/mol. The van der Waals surface area contributed by atoms with E-state index >= 15 is 0 Å². The van der Waals surface area contributed by atoms with Crippen molar-refractivity contribution in [1.82, 2.24) is 0 Å².